The molecule has 1 aliphatic heterocycles. The number of amides is 1. The van der Waals surface area contributed by atoms with E-state index in [0.29, 0.717) is 45.0 Å². The van der Waals surface area contributed by atoms with Crippen molar-refractivity contribution in [2.24, 2.45) is 0 Å². The molecule has 1 amide bonds. The third-order valence-electron chi connectivity index (χ3n) is 3.06. The van der Waals surface area contributed by atoms with E-state index in [2.05, 4.69) is 5.32 Å². The fourth-order valence-corrected chi connectivity index (χ4v) is 2.04. The Hall–Kier alpha value is -2.13. The number of carbonyl (C=O) groups excluding carboxylic acids is 1. The zero-order valence-corrected chi connectivity index (χ0v) is 11.1. The molecule has 0 unspecified atom stereocenters. The Kier molecular flexibility index (Phi) is 4.91. The van der Waals surface area contributed by atoms with Gasteiger partial charge in [0.25, 0.3) is 0 Å². The lowest BCUT2D eigenvalue weighted by molar-refractivity contribution is -0.134. The fourth-order valence-electron chi connectivity index (χ4n) is 2.04. The number of nitrogens with zero attached hydrogens (tertiary/aromatic N) is 2. The van der Waals surface area contributed by atoms with Gasteiger partial charge in [-0.1, -0.05) is 0 Å². The lowest BCUT2D eigenvalue weighted by atomic mass is 10.2. The van der Waals surface area contributed by atoms with E-state index >= 15 is 0 Å². The number of halogens is 1. The predicted molar refractivity (Wildman–Crippen MR) is 71.6 cm³/mol. The van der Waals surface area contributed by atoms with Gasteiger partial charge in [-0.2, -0.15) is 5.26 Å². The minimum absolute atomic E-state index is 0.0534. The average Bonchev–Trinajstić information content (AvgIpc) is 2.47. The lowest BCUT2D eigenvalue weighted by Crippen LogP contribution is -2.41. The molecular weight excluding hydrogens is 261 g/mol. The molecule has 106 valence electrons. The number of nitrogens with one attached hydrogen (secondary N) is 1. The van der Waals surface area contributed by atoms with E-state index in [0.717, 1.165) is 0 Å². The highest BCUT2D eigenvalue weighted by Crippen LogP contribution is 2.13. The Bertz CT molecular complexity index is 522. The predicted octanol–water partition coefficient (Wildman–Crippen LogP) is 1.36. The smallest absolute Gasteiger partial charge is 0.224 e. The number of benzene rings is 1. The van der Waals surface area contributed by atoms with Crippen LogP contribution in [-0.2, 0) is 9.53 Å². The van der Waals surface area contributed by atoms with Crippen molar-refractivity contribution in [1.29, 1.82) is 5.26 Å². The standard InChI is InChI=1S/C14H16FN3O2/c15-12-7-11(10-16)8-13(9-12)17-2-1-14(19)18-3-5-20-6-4-18/h7-9,17H,1-6H2. The molecule has 20 heavy (non-hydrogen) atoms. The minimum atomic E-state index is -0.467. The van der Waals surface area contributed by atoms with Crippen LogP contribution in [0.25, 0.3) is 0 Å². The van der Waals surface area contributed by atoms with Gasteiger partial charge < -0.3 is 15.0 Å². The van der Waals surface area contributed by atoms with E-state index in [1.54, 1.807) is 11.0 Å². The first-order valence-electron chi connectivity index (χ1n) is 6.49. The molecule has 1 heterocycles. The minimum Gasteiger partial charge on any atom is -0.384 e. The van der Waals surface area contributed by atoms with Gasteiger partial charge in [0.2, 0.25) is 5.91 Å². The van der Waals surface area contributed by atoms with Gasteiger partial charge in [0.15, 0.2) is 0 Å². The molecule has 0 bridgehead atoms. The van der Waals surface area contributed by atoms with Crippen LogP contribution >= 0.6 is 0 Å². The number of rotatable bonds is 4. The summed E-state index contributed by atoms with van der Waals surface area (Å²) in [5.74, 6) is -0.413. The third-order valence-corrected chi connectivity index (χ3v) is 3.06. The number of ether oxygens (including phenoxy) is 1. The van der Waals surface area contributed by atoms with Gasteiger partial charge >= 0.3 is 0 Å². The number of nitriles is 1. The van der Waals surface area contributed by atoms with Crippen molar-refractivity contribution < 1.29 is 13.9 Å². The van der Waals surface area contributed by atoms with E-state index in [1.165, 1.54) is 12.1 Å². The summed E-state index contributed by atoms with van der Waals surface area (Å²) in [6.45, 7) is 2.81. The maximum absolute atomic E-state index is 13.2. The van der Waals surface area contributed by atoms with Crippen LogP contribution < -0.4 is 5.32 Å². The van der Waals surface area contributed by atoms with Crippen molar-refractivity contribution in [3.05, 3.63) is 29.6 Å². The van der Waals surface area contributed by atoms with Crippen molar-refractivity contribution >= 4 is 11.6 Å². The van der Waals surface area contributed by atoms with E-state index in [4.69, 9.17) is 10.00 Å². The molecule has 0 atom stereocenters. The lowest BCUT2D eigenvalue weighted by Gasteiger charge is -2.26. The first-order chi connectivity index (χ1) is 9.69. The Morgan fingerprint density at radius 3 is 2.85 bits per heavy atom. The van der Waals surface area contributed by atoms with Crippen LogP contribution in [0.15, 0.2) is 18.2 Å². The van der Waals surface area contributed by atoms with Crippen LogP contribution in [0.2, 0.25) is 0 Å². The largest absolute Gasteiger partial charge is 0.384 e. The van der Waals surface area contributed by atoms with Gasteiger partial charge in [-0.25, -0.2) is 4.39 Å². The highest BCUT2D eigenvalue weighted by Gasteiger charge is 2.15. The Morgan fingerprint density at radius 2 is 2.15 bits per heavy atom. The van der Waals surface area contributed by atoms with E-state index in [1.807, 2.05) is 6.07 Å². The molecule has 1 N–H and O–H groups in total. The number of carbonyl (C=O) groups is 1. The maximum atomic E-state index is 13.2. The van der Waals surface area contributed by atoms with Gasteiger partial charge in [-0.3, -0.25) is 4.79 Å². The van der Waals surface area contributed by atoms with Gasteiger partial charge in [0.1, 0.15) is 5.82 Å². The maximum Gasteiger partial charge on any atom is 0.224 e. The van der Waals surface area contributed by atoms with Crippen molar-refractivity contribution in [3.8, 4) is 6.07 Å². The molecule has 5 nitrogen and oxygen atoms in total. The van der Waals surface area contributed by atoms with Crippen LogP contribution in [0.1, 0.15) is 12.0 Å². The number of hydrogen-bond acceptors (Lipinski definition) is 4. The molecule has 0 aromatic heterocycles. The number of anilines is 1. The Morgan fingerprint density at radius 1 is 1.40 bits per heavy atom. The summed E-state index contributed by atoms with van der Waals surface area (Å²) in [5, 5.41) is 11.7. The highest BCUT2D eigenvalue weighted by atomic mass is 19.1. The molecular formula is C14H16FN3O2. The summed E-state index contributed by atoms with van der Waals surface area (Å²) < 4.78 is 18.4. The Balaban J connectivity index is 1.82. The topological polar surface area (TPSA) is 65.4 Å². The molecule has 2 rings (SSSR count). The van der Waals surface area contributed by atoms with Gasteiger partial charge in [0, 0.05) is 31.7 Å². The molecule has 1 aliphatic rings. The monoisotopic (exact) mass is 277 g/mol. The second kappa shape index (κ2) is 6.87. The van der Waals surface area contributed by atoms with Crippen molar-refractivity contribution in [2.75, 3.05) is 38.2 Å². The van der Waals surface area contributed by atoms with E-state index < -0.39 is 5.82 Å². The molecule has 6 heteroatoms. The summed E-state index contributed by atoms with van der Waals surface area (Å²) in [4.78, 5) is 13.6. The zero-order valence-electron chi connectivity index (χ0n) is 11.1. The molecule has 0 aliphatic carbocycles. The van der Waals surface area contributed by atoms with Crippen molar-refractivity contribution in [3.63, 3.8) is 0 Å². The summed E-state index contributed by atoms with van der Waals surface area (Å²) in [6, 6.07) is 5.92. The van der Waals surface area contributed by atoms with Crippen LogP contribution in [0, 0.1) is 17.1 Å². The van der Waals surface area contributed by atoms with Crippen molar-refractivity contribution in [1.82, 2.24) is 4.90 Å². The first-order valence-corrected chi connectivity index (χ1v) is 6.49. The molecule has 1 fully saturated rings. The number of morpholine rings is 1. The van der Waals surface area contributed by atoms with Crippen LogP contribution in [0.4, 0.5) is 10.1 Å². The summed E-state index contributed by atoms with van der Waals surface area (Å²) >= 11 is 0. The molecule has 0 spiro atoms. The first kappa shape index (κ1) is 14.3. The Labute approximate surface area is 116 Å². The van der Waals surface area contributed by atoms with E-state index in [-0.39, 0.29) is 11.5 Å². The summed E-state index contributed by atoms with van der Waals surface area (Å²) in [5.41, 5.74) is 0.767. The number of hydrogen-bond donors (Lipinski definition) is 1. The van der Waals surface area contributed by atoms with Crippen LogP contribution in [0.3, 0.4) is 0 Å². The SMILES string of the molecule is N#Cc1cc(F)cc(NCCC(=O)N2CCOCC2)c1. The normalized spacial score (nSPS) is 14.7. The highest BCUT2D eigenvalue weighted by molar-refractivity contribution is 5.76. The fraction of sp³-hybridized carbons (Fsp3) is 0.429. The van der Waals surface area contributed by atoms with Crippen LogP contribution in [-0.4, -0.2) is 43.7 Å². The summed E-state index contributed by atoms with van der Waals surface area (Å²) in [6.07, 6.45) is 0.332. The van der Waals surface area contributed by atoms with Crippen molar-refractivity contribution in [2.45, 2.75) is 6.42 Å². The van der Waals surface area contributed by atoms with Gasteiger partial charge in [-0.05, 0) is 18.2 Å². The molecule has 1 saturated heterocycles. The van der Waals surface area contributed by atoms with Gasteiger partial charge in [0.05, 0.1) is 24.8 Å². The van der Waals surface area contributed by atoms with Gasteiger partial charge in [-0.15, -0.1) is 0 Å². The van der Waals surface area contributed by atoms with E-state index in [9.17, 15) is 9.18 Å². The zero-order chi connectivity index (χ0) is 14.4. The average molecular weight is 277 g/mol. The third kappa shape index (κ3) is 3.93. The molecule has 0 radical (unpaired) electrons. The van der Waals surface area contributed by atoms with Crippen LogP contribution in [0.5, 0.6) is 0 Å². The molecule has 1 aromatic carbocycles. The molecule has 1 aromatic rings. The quantitative estimate of drug-likeness (QED) is 0.902. The second-order valence-electron chi connectivity index (χ2n) is 4.51. The second-order valence-corrected chi connectivity index (χ2v) is 4.51. The summed E-state index contributed by atoms with van der Waals surface area (Å²) in [7, 11) is 0. The molecule has 0 saturated carbocycles.